The lowest BCUT2D eigenvalue weighted by atomic mass is 10.1. The molecule has 1 rings (SSSR count). The van der Waals surface area contributed by atoms with E-state index in [1.165, 1.54) is 0 Å². The Kier molecular flexibility index (Phi) is 5.08. The van der Waals surface area contributed by atoms with Crippen molar-refractivity contribution in [2.45, 2.75) is 26.4 Å². The zero-order valence-electron chi connectivity index (χ0n) is 12.7. The minimum atomic E-state index is -0.811. The van der Waals surface area contributed by atoms with Crippen molar-refractivity contribution in [3.05, 3.63) is 11.4 Å². The molecule has 6 heteroatoms. The summed E-state index contributed by atoms with van der Waals surface area (Å²) in [5.41, 5.74) is 0.142. The standard InChI is InChI=1S/C13H25N5O/c1-9-11(14-4)16-10(2)17-12(9)15-7-13(3,19)8-18(5)6/h19H,7-8H2,1-6H3,(H2,14,15,16,17). The van der Waals surface area contributed by atoms with Crippen molar-refractivity contribution in [3.8, 4) is 0 Å². The molecule has 19 heavy (non-hydrogen) atoms. The lowest BCUT2D eigenvalue weighted by molar-refractivity contribution is 0.0459. The number of likely N-dealkylation sites (N-methyl/N-ethyl adjacent to an activating group) is 1. The highest BCUT2D eigenvalue weighted by Crippen LogP contribution is 2.20. The maximum Gasteiger partial charge on any atom is 0.134 e. The van der Waals surface area contributed by atoms with Crippen LogP contribution in [0.4, 0.5) is 11.6 Å². The van der Waals surface area contributed by atoms with E-state index in [9.17, 15) is 5.11 Å². The van der Waals surface area contributed by atoms with Gasteiger partial charge in [-0.1, -0.05) is 0 Å². The highest BCUT2D eigenvalue weighted by atomic mass is 16.3. The Hall–Kier alpha value is -1.40. The van der Waals surface area contributed by atoms with Crippen LogP contribution in [0.2, 0.25) is 0 Å². The predicted molar refractivity (Wildman–Crippen MR) is 78.7 cm³/mol. The summed E-state index contributed by atoms with van der Waals surface area (Å²) in [6.07, 6.45) is 0. The van der Waals surface area contributed by atoms with Crippen molar-refractivity contribution in [2.24, 2.45) is 0 Å². The molecule has 0 aromatic carbocycles. The molecule has 1 aromatic heterocycles. The van der Waals surface area contributed by atoms with Gasteiger partial charge in [0.25, 0.3) is 0 Å². The molecule has 108 valence electrons. The third-order valence-corrected chi connectivity index (χ3v) is 2.79. The lowest BCUT2D eigenvalue weighted by Crippen LogP contribution is -2.43. The number of hydrogen-bond acceptors (Lipinski definition) is 6. The van der Waals surface area contributed by atoms with Crippen molar-refractivity contribution in [2.75, 3.05) is 44.9 Å². The van der Waals surface area contributed by atoms with E-state index in [0.717, 1.165) is 17.2 Å². The number of anilines is 2. The van der Waals surface area contributed by atoms with Crippen LogP contribution in [0.25, 0.3) is 0 Å². The summed E-state index contributed by atoms with van der Waals surface area (Å²) in [5.74, 6) is 2.27. The molecule has 0 saturated carbocycles. The Morgan fingerprint density at radius 3 is 2.32 bits per heavy atom. The van der Waals surface area contributed by atoms with Crippen LogP contribution in [0.5, 0.6) is 0 Å². The summed E-state index contributed by atoms with van der Waals surface area (Å²) < 4.78 is 0. The van der Waals surface area contributed by atoms with Gasteiger partial charge in [0.1, 0.15) is 17.5 Å². The van der Waals surface area contributed by atoms with Crippen molar-refractivity contribution < 1.29 is 5.11 Å². The first kappa shape index (κ1) is 15.7. The molecule has 1 heterocycles. The normalized spacial score (nSPS) is 14.3. The Labute approximate surface area is 115 Å². The number of rotatable bonds is 6. The highest BCUT2D eigenvalue weighted by Gasteiger charge is 2.22. The van der Waals surface area contributed by atoms with Crippen LogP contribution in [0.1, 0.15) is 18.3 Å². The molecule has 1 aromatic rings. The molecule has 0 saturated heterocycles. The molecule has 1 atom stereocenters. The molecular formula is C13H25N5O. The molecular weight excluding hydrogens is 242 g/mol. The van der Waals surface area contributed by atoms with Gasteiger partial charge in [0.2, 0.25) is 0 Å². The lowest BCUT2D eigenvalue weighted by Gasteiger charge is -2.27. The van der Waals surface area contributed by atoms with E-state index >= 15 is 0 Å². The fraction of sp³-hybridized carbons (Fsp3) is 0.692. The van der Waals surface area contributed by atoms with E-state index in [0.29, 0.717) is 18.9 Å². The Morgan fingerprint density at radius 1 is 1.21 bits per heavy atom. The second-order valence-electron chi connectivity index (χ2n) is 5.43. The van der Waals surface area contributed by atoms with Crippen LogP contribution in [0.3, 0.4) is 0 Å². The maximum atomic E-state index is 10.3. The van der Waals surface area contributed by atoms with Gasteiger partial charge in [-0.05, 0) is 34.9 Å². The molecule has 0 aliphatic rings. The molecule has 0 aliphatic carbocycles. The van der Waals surface area contributed by atoms with Crippen molar-refractivity contribution in [1.29, 1.82) is 0 Å². The number of aromatic nitrogens is 2. The average molecular weight is 267 g/mol. The molecule has 0 bridgehead atoms. The highest BCUT2D eigenvalue weighted by molar-refractivity contribution is 5.57. The van der Waals surface area contributed by atoms with Crippen LogP contribution in [0, 0.1) is 13.8 Å². The monoisotopic (exact) mass is 267 g/mol. The first-order chi connectivity index (χ1) is 8.75. The van der Waals surface area contributed by atoms with Gasteiger partial charge in [-0.25, -0.2) is 9.97 Å². The van der Waals surface area contributed by atoms with Crippen LogP contribution < -0.4 is 10.6 Å². The minimum absolute atomic E-state index is 0.436. The summed E-state index contributed by atoms with van der Waals surface area (Å²) in [7, 11) is 5.71. The quantitative estimate of drug-likeness (QED) is 0.710. The van der Waals surface area contributed by atoms with Gasteiger partial charge in [0, 0.05) is 25.7 Å². The first-order valence-electron chi connectivity index (χ1n) is 6.39. The van der Waals surface area contributed by atoms with Gasteiger partial charge < -0.3 is 20.6 Å². The molecule has 0 fully saturated rings. The summed E-state index contributed by atoms with van der Waals surface area (Å²) >= 11 is 0. The Bertz CT molecular complexity index is 431. The number of hydrogen-bond donors (Lipinski definition) is 3. The number of aliphatic hydroxyl groups is 1. The van der Waals surface area contributed by atoms with Crippen LogP contribution in [0.15, 0.2) is 0 Å². The zero-order valence-corrected chi connectivity index (χ0v) is 12.7. The number of aryl methyl sites for hydroxylation is 1. The van der Waals surface area contributed by atoms with Crippen LogP contribution in [-0.4, -0.2) is 59.8 Å². The minimum Gasteiger partial charge on any atom is -0.387 e. The van der Waals surface area contributed by atoms with E-state index in [1.807, 2.05) is 46.8 Å². The van der Waals surface area contributed by atoms with E-state index in [2.05, 4.69) is 20.6 Å². The topological polar surface area (TPSA) is 73.3 Å². The third-order valence-electron chi connectivity index (χ3n) is 2.79. The van der Waals surface area contributed by atoms with Crippen molar-refractivity contribution in [3.63, 3.8) is 0 Å². The molecule has 3 N–H and O–H groups in total. The summed E-state index contributed by atoms with van der Waals surface area (Å²) in [4.78, 5) is 10.6. The fourth-order valence-electron chi connectivity index (χ4n) is 2.06. The van der Waals surface area contributed by atoms with Gasteiger partial charge in [-0.15, -0.1) is 0 Å². The van der Waals surface area contributed by atoms with Crippen LogP contribution >= 0.6 is 0 Å². The SMILES string of the molecule is CNc1nc(C)nc(NCC(C)(O)CN(C)C)c1C. The second kappa shape index (κ2) is 6.16. The van der Waals surface area contributed by atoms with Gasteiger partial charge in [-0.3, -0.25) is 0 Å². The van der Waals surface area contributed by atoms with E-state index in [4.69, 9.17) is 0 Å². The van der Waals surface area contributed by atoms with Gasteiger partial charge in [0.15, 0.2) is 0 Å². The third kappa shape index (κ3) is 4.65. The largest absolute Gasteiger partial charge is 0.387 e. The van der Waals surface area contributed by atoms with Crippen LogP contribution in [-0.2, 0) is 0 Å². The predicted octanol–water partition coefficient (Wildman–Crippen LogP) is 0.860. The number of nitrogens with one attached hydrogen (secondary N) is 2. The molecule has 0 radical (unpaired) electrons. The summed E-state index contributed by atoms with van der Waals surface area (Å²) in [6.45, 7) is 6.63. The molecule has 0 amide bonds. The smallest absolute Gasteiger partial charge is 0.134 e. The molecule has 0 spiro atoms. The van der Waals surface area contributed by atoms with Gasteiger partial charge in [0.05, 0.1) is 5.60 Å². The van der Waals surface area contributed by atoms with E-state index in [-0.39, 0.29) is 0 Å². The van der Waals surface area contributed by atoms with Crippen molar-refractivity contribution in [1.82, 2.24) is 14.9 Å². The zero-order chi connectivity index (χ0) is 14.6. The summed E-state index contributed by atoms with van der Waals surface area (Å²) in [5, 5.41) is 16.5. The van der Waals surface area contributed by atoms with Crippen molar-refractivity contribution >= 4 is 11.6 Å². The number of nitrogens with zero attached hydrogens (tertiary/aromatic N) is 3. The first-order valence-corrected chi connectivity index (χ1v) is 6.39. The van der Waals surface area contributed by atoms with Gasteiger partial charge >= 0.3 is 0 Å². The Balaban J connectivity index is 2.80. The molecule has 0 aliphatic heterocycles. The molecule has 1 unspecified atom stereocenters. The van der Waals surface area contributed by atoms with Gasteiger partial charge in [-0.2, -0.15) is 0 Å². The second-order valence-corrected chi connectivity index (χ2v) is 5.43. The van der Waals surface area contributed by atoms with E-state index in [1.54, 1.807) is 0 Å². The fourth-order valence-corrected chi connectivity index (χ4v) is 2.06. The average Bonchev–Trinajstić information content (AvgIpc) is 2.28. The Morgan fingerprint density at radius 2 is 1.79 bits per heavy atom. The van der Waals surface area contributed by atoms with E-state index < -0.39 is 5.60 Å². The maximum absolute atomic E-state index is 10.3. The summed E-state index contributed by atoms with van der Waals surface area (Å²) in [6, 6.07) is 0. The molecule has 6 nitrogen and oxygen atoms in total.